The van der Waals surface area contributed by atoms with Crippen LogP contribution in [0.3, 0.4) is 0 Å². The van der Waals surface area contributed by atoms with E-state index in [1.165, 1.54) is 12.0 Å². The second kappa shape index (κ2) is 13.7. The third-order valence-corrected chi connectivity index (χ3v) is 5.10. The molecule has 1 aromatic heterocycles. The van der Waals surface area contributed by atoms with Crippen molar-refractivity contribution in [3.05, 3.63) is 77.4 Å². The molecule has 12 heteroatoms. The lowest BCUT2D eigenvalue weighted by molar-refractivity contribution is -0.120. The average Bonchev–Trinajstić information content (AvgIpc) is 2.91. The average molecular weight is 527 g/mol. The quantitative estimate of drug-likeness (QED) is 0.234. The number of aliphatic hydroxyl groups excluding tert-OH is 1. The lowest BCUT2D eigenvalue weighted by atomic mass is 10.2. The van der Waals surface area contributed by atoms with Crippen molar-refractivity contribution >= 4 is 35.2 Å². The Balaban J connectivity index is 1.72. The maximum atomic E-state index is 12.9. The number of aliphatic imine (C=N–C) groups is 1. The van der Waals surface area contributed by atoms with Crippen LogP contribution in [0.4, 0.5) is 10.5 Å². The summed E-state index contributed by atoms with van der Waals surface area (Å²) in [6, 6.07) is 16.4. The maximum absolute atomic E-state index is 12.9. The highest BCUT2D eigenvalue weighted by molar-refractivity contribution is 6.30. The van der Waals surface area contributed by atoms with Crippen LogP contribution >= 0.6 is 11.6 Å². The Morgan fingerprint density at radius 1 is 1.05 bits per heavy atom. The highest BCUT2D eigenvalue weighted by Crippen LogP contribution is 2.24. The van der Waals surface area contributed by atoms with Crippen molar-refractivity contribution in [3.63, 3.8) is 0 Å². The van der Waals surface area contributed by atoms with Crippen molar-refractivity contribution in [1.29, 1.82) is 0 Å². The first-order valence-corrected chi connectivity index (χ1v) is 11.5. The molecule has 0 unspecified atom stereocenters. The number of nitrogens with zero attached hydrogens (tertiary/aromatic N) is 3. The van der Waals surface area contributed by atoms with Gasteiger partial charge >= 0.3 is 6.03 Å². The number of pyridine rings is 1. The molecule has 2 aromatic carbocycles. The van der Waals surface area contributed by atoms with Crippen molar-refractivity contribution in [2.75, 3.05) is 26.8 Å². The fourth-order valence-electron chi connectivity index (χ4n) is 3.00. The van der Waals surface area contributed by atoms with Gasteiger partial charge in [0.05, 0.1) is 38.7 Å². The van der Waals surface area contributed by atoms with E-state index in [1.807, 2.05) is 0 Å². The number of ether oxygens (including phenoxy) is 2. The molecule has 0 fully saturated rings. The number of halogens is 1. The van der Waals surface area contributed by atoms with Gasteiger partial charge in [-0.05, 0) is 48.0 Å². The number of hydrogen-bond donors (Lipinski definition) is 4. The van der Waals surface area contributed by atoms with Crippen molar-refractivity contribution in [2.45, 2.75) is 6.54 Å². The number of benzene rings is 2. The third-order valence-electron chi connectivity index (χ3n) is 4.84. The van der Waals surface area contributed by atoms with Crippen LogP contribution in [0.1, 0.15) is 5.56 Å². The summed E-state index contributed by atoms with van der Waals surface area (Å²) >= 11 is 5.96. The van der Waals surface area contributed by atoms with Crippen LogP contribution < -0.4 is 25.8 Å². The molecule has 194 valence electrons. The molecule has 3 amide bonds. The molecule has 0 saturated carbocycles. The number of urea groups is 1. The number of nitrogens with one attached hydrogen (secondary N) is 2. The van der Waals surface area contributed by atoms with Crippen molar-refractivity contribution in [3.8, 4) is 17.4 Å². The Morgan fingerprint density at radius 2 is 1.76 bits per heavy atom. The minimum atomic E-state index is -0.623. The van der Waals surface area contributed by atoms with Crippen molar-refractivity contribution in [2.24, 2.45) is 10.7 Å². The van der Waals surface area contributed by atoms with Gasteiger partial charge in [-0.25, -0.2) is 14.8 Å². The van der Waals surface area contributed by atoms with Crippen LogP contribution in [0.2, 0.25) is 5.02 Å². The van der Waals surface area contributed by atoms with Crippen LogP contribution in [0.25, 0.3) is 0 Å². The number of aliphatic hydroxyl groups is 1. The number of methoxy groups -OCH3 is 1. The van der Waals surface area contributed by atoms with Crippen LogP contribution in [0, 0.1) is 0 Å². The molecule has 3 aromatic rings. The largest absolute Gasteiger partial charge is 0.481 e. The number of carbonyl (C=O) groups excluding carboxylic acids is 2. The molecule has 0 radical (unpaired) electrons. The second-order valence-electron chi connectivity index (χ2n) is 7.55. The van der Waals surface area contributed by atoms with Gasteiger partial charge in [0.15, 0.2) is 0 Å². The summed E-state index contributed by atoms with van der Waals surface area (Å²) in [6.45, 7) is -0.331. The van der Waals surface area contributed by atoms with Crippen molar-refractivity contribution in [1.82, 2.24) is 20.5 Å². The summed E-state index contributed by atoms with van der Waals surface area (Å²) in [4.78, 5) is 34.4. The zero-order chi connectivity index (χ0) is 26.6. The molecular weight excluding hydrogens is 500 g/mol. The summed E-state index contributed by atoms with van der Waals surface area (Å²) < 4.78 is 10.8. The van der Waals surface area contributed by atoms with Gasteiger partial charge in [0, 0.05) is 17.6 Å². The smallest absolute Gasteiger partial charge is 0.324 e. The van der Waals surface area contributed by atoms with E-state index in [1.54, 1.807) is 66.9 Å². The Morgan fingerprint density at radius 3 is 2.38 bits per heavy atom. The number of carbonyl (C=O) groups is 2. The topological polar surface area (TPSA) is 151 Å². The van der Waals surface area contributed by atoms with Gasteiger partial charge in [-0.3, -0.25) is 9.69 Å². The van der Waals surface area contributed by atoms with E-state index >= 15 is 0 Å². The Hall–Kier alpha value is -4.35. The summed E-state index contributed by atoms with van der Waals surface area (Å²) in [6.07, 6.45) is 1.54. The molecule has 0 saturated heterocycles. The van der Waals surface area contributed by atoms with Crippen LogP contribution in [0.15, 0.2) is 71.9 Å². The van der Waals surface area contributed by atoms with Crippen LogP contribution in [-0.4, -0.2) is 59.7 Å². The fraction of sp³-hybridized carbons (Fsp3) is 0.200. The van der Waals surface area contributed by atoms with E-state index in [0.29, 0.717) is 28.1 Å². The van der Waals surface area contributed by atoms with Gasteiger partial charge < -0.3 is 30.9 Å². The SMILES string of the molecule is COc1ccc(Oc2ccc(/N=C(\N)N(Cc3ccc(Cl)cc3)C(=O)NCC(=O)NCCO)cc2)cn1. The summed E-state index contributed by atoms with van der Waals surface area (Å²) in [7, 11) is 1.53. The monoisotopic (exact) mass is 526 g/mol. The van der Waals surface area contributed by atoms with E-state index in [0.717, 1.165) is 5.56 Å². The molecule has 0 aliphatic carbocycles. The van der Waals surface area contributed by atoms with E-state index in [-0.39, 0.29) is 32.2 Å². The molecule has 5 N–H and O–H groups in total. The Bertz CT molecular complexity index is 1200. The maximum Gasteiger partial charge on any atom is 0.324 e. The number of guanidine groups is 1. The third kappa shape index (κ3) is 8.67. The number of aromatic nitrogens is 1. The highest BCUT2D eigenvalue weighted by atomic mass is 35.5. The molecule has 0 aliphatic heterocycles. The van der Waals surface area contributed by atoms with Gasteiger partial charge in [-0.1, -0.05) is 23.7 Å². The molecule has 0 aliphatic rings. The molecular formula is C25H27ClN6O5. The normalized spacial score (nSPS) is 10.9. The number of rotatable bonds is 10. The minimum absolute atomic E-state index is 0.0848. The zero-order valence-corrected chi connectivity index (χ0v) is 20.8. The number of amides is 3. The predicted octanol–water partition coefficient (Wildman–Crippen LogP) is 2.80. The van der Waals surface area contributed by atoms with Gasteiger partial charge in [0.25, 0.3) is 0 Å². The highest BCUT2D eigenvalue weighted by Gasteiger charge is 2.19. The Kier molecular flexibility index (Phi) is 10.1. The van der Waals surface area contributed by atoms with Crippen LogP contribution in [-0.2, 0) is 11.3 Å². The molecule has 0 spiro atoms. The summed E-state index contributed by atoms with van der Waals surface area (Å²) in [5.74, 6) is 1.02. The van der Waals surface area contributed by atoms with E-state index < -0.39 is 11.9 Å². The molecule has 1 heterocycles. The second-order valence-corrected chi connectivity index (χ2v) is 7.98. The molecule has 37 heavy (non-hydrogen) atoms. The van der Waals surface area contributed by atoms with E-state index in [2.05, 4.69) is 20.6 Å². The van der Waals surface area contributed by atoms with Crippen LogP contribution in [0.5, 0.6) is 17.4 Å². The predicted molar refractivity (Wildman–Crippen MR) is 139 cm³/mol. The first-order chi connectivity index (χ1) is 17.9. The van der Waals surface area contributed by atoms with E-state index in [4.69, 9.17) is 31.9 Å². The molecule has 0 bridgehead atoms. The lowest BCUT2D eigenvalue weighted by Gasteiger charge is -2.22. The zero-order valence-electron chi connectivity index (χ0n) is 20.1. The minimum Gasteiger partial charge on any atom is -0.481 e. The number of nitrogens with two attached hydrogens (primary N) is 1. The van der Waals surface area contributed by atoms with Gasteiger partial charge in [0.2, 0.25) is 17.7 Å². The van der Waals surface area contributed by atoms with Gasteiger partial charge in [0.1, 0.15) is 11.5 Å². The fourth-order valence-corrected chi connectivity index (χ4v) is 3.13. The lowest BCUT2D eigenvalue weighted by Crippen LogP contribution is -2.49. The first kappa shape index (κ1) is 27.2. The first-order valence-electron chi connectivity index (χ1n) is 11.2. The Labute approximate surface area is 218 Å². The van der Waals surface area contributed by atoms with Gasteiger partial charge in [-0.15, -0.1) is 0 Å². The van der Waals surface area contributed by atoms with Crippen molar-refractivity contribution < 1.29 is 24.2 Å². The molecule has 3 rings (SSSR count). The molecule has 11 nitrogen and oxygen atoms in total. The summed E-state index contributed by atoms with van der Waals surface area (Å²) in [5, 5.41) is 14.3. The standard InChI is InChI=1S/C25H27ClN6O5/c1-36-23-11-10-21(14-29-23)37-20-8-6-19(7-9-20)31-24(27)32(16-17-2-4-18(26)5-3-17)25(35)30-15-22(34)28-12-13-33/h2-11,14,33H,12-13,15-16H2,1H3,(H2,27,31)(H,28,34)(H,30,35). The van der Waals surface area contributed by atoms with E-state index in [9.17, 15) is 9.59 Å². The summed E-state index contributed by atoms with van der Waals surface area (Å²) in [5.41, 5.74) is 7.44. The number of hydrogen-bond acceptors (Lipinski definition) is 7. The molecule has 0 atom stereocenters. The van der Waals surface area contributed by atoms with Gasteiger partial charge in [-0.2, -0.15) is 0 Å².